The van der Waals surface area contributed by atoms with Gasteiger partial charge in [0, 0.05) is 15.0 Å². The van der Waals surface area contributed by atoms with Crippen molar-refractivity contribution in [3.05, 3.63) is 68.4 Å². The number of nitrogens with one attached hydrogen (secondary N) is 1. The van der Waals surface area contributed by atoms with Gasteiger partial charge >= 0.3 is 0 Å². The van der Waals surface area contributed by atoms with Crippen LogP contribution in [-0.2, 0) is 6.42 Å². The summed E-state index contributed by atoms with van der Waals surface area (Å²) in [4.78, 5) is 0. The molecule has 0 bridgehead atoms. The lowest BCUT2D eigenvalue weighted by atomic mass is 9.98. The molecular formula is C16H16Br2FN. The van der Waals surface area contributed by atoms with Gasteiger partial charge in [0.15, 0.2) is 0 Å². The van der Waals surface area contributed by atoms with Gasteiger partial charge in [-0.2, -0.15) is 0 Å². The van der Waals surface area contributed by atoms with E-state index >= 15 is 0 Å². The first-order valence-corrected chi connectivity index (χ1v) is 8.12. The average Bonchev–Trinajstić information content (AvgIpc) is 2.42. The van der Waals surface area contributed by atoms with Gasteiger partial charge in [0.1, 0.15) is 5.82 Å². The summed E-state index contributed by atoms with van der Waals surface area (Å²) >= 11 is 6.86. The molecule has 2 rings (SSSR count). The van der Waals surface area contributed by atoms with Crippen LogP contribution < -0.4 is 5.32 Å². The van der Waals surface area contributed by atoms with E-state index in [2.05, 4.69) is 50.2 Å². The first-order chi connectivity index (χ1) is 9.61. The maximum absolute atomic E-state index is 14.0. The quantitative estimate of drug-likeness (QED) is 0.723. The van der Waals surface area contributed by atoms with Gasteiger partial charge in [0.2, 0.25) is 0 Å². The average molecular weight is 401 g/mol. The van der Waals surface area contributed by atoms with Crippen LogP contribution in [0.5, 0.6) is 0 Å². The molecule has 0 fully saturated rings. The van der Waals surface area contributed by atoms with Crippen LogP contribution in [0.2, 0.25) is 0 Å². The summed E-state index contributed by atoms with van der Waals surface area (Å²) < 4.78 is 15.8. The van der Waals surface area contributed by atoms with Crippen molar-refractivity contribution in [3.63, 3.8) is 0 Å². The zero-order valence-electron chi connectivity index (χ0n) is 11.2. The number of likely N-dealkylation sites (N-methyl/N-ethyl adjacent to an activating group) is 1. The zero-order valence-corrected chi connectivity index (χ0v) is 14.3. The lowest BCUT2D eigenvalue weighted by Crippen LogP contribution is -2.23. The van der Waals surface area contributed by atoms with Gasteiger partial charge in [-0.15, -0.1) is 0 Å². The Balaban J connectivity index is 2.28. The highest BCUT2D eigenvalue weighted by Crippen LogP contribution is 2.27. The molecule has 2 aromatic carbocycles. The van der Waals surface area contributed by atoms with Crippen LogP contribution in [0.1, 0.15) is 24.1 Å². The molecule has 0 amide bonds. The molecule has 1 nitrogen and oxygen atoms in total. The molecule has 0 aliphatic carbocycles. The van der Waals surface area contributed by atoms with E-state index in [1.807, 2.05) is 30.3 Å². The summed E-state index contributed by atoms with van der Waals surface area (Å²) in [6.45, 7) is 2.89. The molecular weight excluding hydrogens is 385 g/mol. The van der Waals surface area contributed by atoms with E-state index < -0.39 is 0 Å². The summed E-state index contributed by atoms with van der Waals surface area (Å²) in [6.07, 6.45) is 0.621. The number of rotatable bonds is 5. The molecule has 1 atom stereocenters. The SMILES string of the molecule is CCNC(Cc1ccc(Br)cc1F)c1ccccc1Br. The third kappa shape index (κ3) is 3.90. The van der Waals surface area contributed by atoms with Crippen LogP contribution in [0, 0.1) is 5.82 Å². The molecule has 1 unspecified atom stereocenters. The largest absolute Gasteiger partial charge is 0.310 e. The Morgan fingerprint density at radius 3 is 2.55 bits per heavy atom. The number of hydrogen-bond acceptors (Lipinski definition) is 1. The summed E-state index contributed by atoms with van der Waals surface area (Å²) in [5.74, 6) is -0.172. The Hall–Kier alpha value is -0.710. The maximum atomic E-state index is 14.0. The Morgan fingerprint density at radius 2 is 1.90 bits per heavy atom. The molecule has 1 N–H and O–H groups in total. The van der Waals surface area contributed by atoms with Crippen molar-refractivity contribution >= 4 is 31.9 Å². The smallest absolute Gasteiger partial charge is 0.127 e. The highest BCUT2D eigenvalue weighted by molar-refractivity contribution is 9.10. The molecule has 0 aromatic heterocycles. The normalized spacial score (nSPS) is 12.4. The third-order valence-electron chi connectivity index (χ3n) is 3.17. The second-order valence-electron chi connectivity index (χ2n) is 4.57. The summed E-state index contributed by atoms with van der Waals surface area (Å²) in [6, 6.07) is 13.4. The van der Waals surface area contributed by atoms with Gasteiger partial charge in [-0.1, -0.05) is 63.0 Å². The first kappa shape index (κ1) is 15.7. The maximum Gasteiger partial charge on any atom is 0.127 e. The lowest BCUT2D eigenvalue weighted by molar-refractivity contribution is 0.526. The molecule has 0 saturated carbocycles. The third-order valence-corrected chi connectivity index (χ3v) is 4.39. The van der Waals surface area contributed by atoms with Crippen LogP contribution in [0.4, 0.5) is 4.39 Å². The van der Waals surface area contributed by atoms with Crippen LogP contribution in [0.25, 0.3) is 0 Å². The Bertz CT molecular complexity index is 586. The van der Waals surface area contributed by atoms with Gasteiger partial charge in [0.25, 0.3) is 0 Å². The monoisotopic (exact) mass is 399 g/mol. The van der Waals surface area contributed by atoms with Gasteiger partial charge in [0.05, 0.1) is 0 Å². The van der Waals surface area contributed by atoms with Crippen molar-refractivity contribution in [1.82, 2.24) is 5.32 Å². The number of halogens is 3. The fraction of sp³-hybridized carbons (Fsp3) is 0.250. The van der Waals surface area contributed by atoms with Gasteiger partial charge in [-0.3, -0.25) is 0 Å². The molecule has 0 saturated heterocycles. The highest BCUT2D eigenvalue weighted by Gasteiger charge is 2.16. The van der Waals surface area contributed by atoms with Crippen LogP contribution >= 0.6 is 31.9 Å². The van der Waals surface area contributed by atoms with E-state index in [1.54, 1.807) is 0 Å². The van der Waals surface area contributed by atoms with Crippen molar-refractivity contribution in [2.24, 2.45) is 0 Å². The summed E-state index contributed by atoms with van der Waals surface area (Å²) in [5.41, 5.74) is 1.87. The Labute approximate surface area is 135 Å². The van der Waals surface area contributed by atoms with Crippen LogP contribution in [0.3, 0.4) is 0 Å². The van der Waals surface area contributed by atoms with E-state index in [0.717, 1.165) is 26.6 Å². The van der Waals surface area contributed by atoms with Crippen LogP contribution in [0.15, 0.2) is 51.4 Å². The minimum atomic E-state index is -0.172. The van der Waals surface area contributed by atoms with Gasteiger partial charge in [-0.05, 0) is 42.3 Å². The van der Waals surface area contributed by atoms with Crippen LogP contribution in [-0.4, -0.2) is 6.54 Å². The first-order valence-electron chi connectivity index (χ1n) is 6.53. The second kappa shape index (κ2) is 7.34. The van der Waals surface area contributed by atoms with Crippen molar-refractivity contribution in [2.75, 3.05) is 6.54 Å². The second-order valence-corrected chi connectivity index (χ2v) is 6.34. The topological polar surface area (TPSA) is 12.0 Å². The molecule has 0 heterocycles. The Kier molecular flexibility index (Phi) is 5.75. The predicted octanol–water partition coefficient (Wildman–Crippen LogP) is 5.24. The van der Waals surface area contributed by atoms with E-state index in [-0.39, 0.29) is 11.9 Å². The molecule has 0 aliphatic rings. The number of hydrogen-bond donors (Lipinski definition) is 1. The molecule has 2 aromatic rings. The molecule has 20 heavy (non-hydrogen) atoms. The minimum absolute atomic E-state index is 0.0891. The van der Waals surface area contributed by atoms with Gasteiger partial charge in [-0.25, -0.2) is 4.39 Å². The molecule has 0 spiro atoms. The standard InChI is InChI=1S/C16H16Br2FN/c1-2-20-16(13-5-3-4-6-14(13)18)9-11-7-8-12(17)10-15(11)19/h3-8,10,16,20H,2,9H2,1H3. The summed E-state index contributed by atoms with van der Waals surface area (Å²) in [7, 11) is 0. The van der Waals surface area contributed by atoms with Crippen molar-refractivity contribution in [3.8, 4) is 0 Å². The molecule has 4 heteroatoms. The fourth-order valence-electron chi connectivity index (χ4n) is 2.20. The number of benzene rings is 2. The van der Waals surface area contributed by atoms with E-state index in [4.69, 9.17) is 0 Å². The van der Waals surface area contributed by atoms with E-state index in [1.165, 1.54) is 6.07 Å². The fourth-order valence-corrected chi connectivity index (χ4v) is 3.10. The summed E-state index contributed by atoms with van der Waals surface area (Å²) in [5, 5.41) is 3.42. The molecule has 106 valence electrons. The molecule has 0 radical (unpaired) electrons. The van der Waals surface area contributed by atoms with Gasteiger partial charge < -0.3 is 5.32 Å². The van der Waals surface area contributed by atoms with Crippen molar-refractivity contribution < 1.29 is 4.39 Å². The lowest BCUT2D eigenvalue weighted by Gasteiger charge is -2.20. The minimum Gasteiger partial charge on any atom is -0.310 e. The predicted molar refractivity (Wildman–Crippen MR) is 88.4 cm³/mol. The van der Waals surface area contributed by atoms with E-state index in [9.17, 15) is 4.39 Å². The van der Waals surface area contributed by atoms with Crippen molar-refractivity contribution in [2.45, 2.75) is 19.4 Å². The Morgan fingerprint density at radius 1 is 1.15 bits per heavy atom. The van der Waals surface area contributed by atoms with Crippen molar-refractivity contribution in [1.29, 1.82) is 0 Å². The molecule has 0 aliphatic heterocycles. The highest BCUT2D eigenvalue weighted by atomic mass is 79.9. The van der Waals surface area contributed by atoms with E-state index in [0.29, 0.717) is 6.42 Å². The zero-order chi connectivity index (χ0) is 14.5.